The van der Waals surface area contributed by atoms with Gasteiger partial charge in [0, 0.05) is 52.5 Å². The number of rotatable bonds is 14. The van der Waals surface area contributed by atoms with Crippen LogP contribution >= 0.6 is 0 Å². The molecule has 17 heteroatoms. The van der Waals surface area contributed by atoms with Crippen LogP contribution in [0.5, 0.6) is 0 Å². The maximum Gasteiger partial charge on any atom is 0.347 e. The van der Waals surface area contributed by atoms with Crippen LogP contribution in [0.3, 0.4) is 0 Å². The third-order valence-electron chi connectivity index (χ3n) is 19.5. The minimum Gasteiger partial charge on any atom is -0.463 e. The topological polar surface area (TPSA) is 231 Å². The Bertz CT molecular complexity index is 2490. The van der Waals surface area contributed by atoms with Crippen molar-refractivity contribution >= 4 is 47.8 Å². The number of ether oxygens (including phenoxy) is 8. The van der Waals surface area contributed by atoms with Gasteiger partial charge in [-0.2, -0.15) is 0 Å². The summed E-state index contributed by atoms with van der Waals surface area (Å²) in [6, 6.07) is 0. The molecule has 454 valence electrons. The zero-order valence-corrected chi connectivity index (χ0v) is 50.1. The Balaban J connectivity index is 0.000000149. The average molecular weight is 1150 g/mol. The second-order valence-corrected chi connectivity index (χ2v) is 26.6. The maximum atomic E-state index is 12.1. The Hall–Kier alpha value is -5.58. The number of hydrogen-bond acceptors (Lipinski definition) is 17. The lowest BCUT2D eigenvalue weighted by Crippen LogP contribution is -2.62. The number of carbonyl (C=O) groups is 8. The van der Waals surface area contributed by atoms with Crippen molar-refractivity contribution in [2.45, 2.75) is 225 Å². The van der Waals surface area contributed by atoms with Crippen molar-refractivity contribution in [2.24, 2.45) is 59.2 Å². The monoisotopic (exact) mass is 1140 g/mol. The number of hydrogen-bond donors (Lipinski definition) is 1. The largest absolute Gasteiger partial charge is 0.463 e. The fraction of sp³-hybridized carbons (Fsp3) is 0.723. The van der Waals surface area contributed by atoms with Crippen LogP contribution in [0, 0.1) is 59.2 Å². The van der Waals surface area contributed by atoms with Crippen LogP contribution in [0.25, 0.3) is 0 Å². The summed E-state index contributed by atoms with van der Waals surface area (Å²) >= 11 is 0. The Labute approximate surface area is 485 Å². The molecule has 8 atom stereocenters. The molecule has 13 fully saturated rings. The predicted octanol–water partition coefficient (Wildman–Crippen LogP) is 10.4. The van der Waals surface area contributed by atoms with Crippen molar-refractivity contribution in [3.05, 3.63) is 60.8 Å². The van der Waals surface area contributed by atoms with E-state index in [4.69, 9.17) is 33.2 Å². The molecule has 0 aromatic heterocycles. The minimum atomic E-state index is -0.728. The molecular formula is C65H92O17. The molecule has 13 aliphatic rings. The van der Waals surface area contributed by atoms with Crippen molar-refractivity contribution in [3.8, 4) is 0 Å². The van der Waals surface area contributed by atoms with Gasteiger partial charge in [0.2, 0.25) is 6.10 Å². The minimum absolute atomic E-state index is 0.0128. The SMILES string of the molecule is C=C(C)C(=O)OC1(C(C)C)C2CC3CC(C2)CC1C3.C=C(C)C(=O)OC1(CC)CCCCC1.C=C(C)C(=O)OC12CC3CC(CC(O)(C3)C1)C2.C=C(C)C(=O)OC1CCOC1=O.C=C(C)C(=O)OCC(=O)OC1C2CC3C(=O)OC1C3C2. The summed E-state index contributed by atoms with van der Waals surface area (Å²) in [6.07, 6.45) is 19.2. The van der Waals surface area contributed by atoms with E-state index in [1.54, 1.807) is 20.8 Å². The lowest BCUT2D eigenvalue weighted by molar-refractivity contribution is -0.221. The van der Waals surface area contributed by atoms with Gasteiger partial charge in [0.25, 0.3) is 0 Å². The first-order valence-corrected chi connectivity index (χ1v) is 30.2. The number of carbonyl (C=O) groups excluding carboxylic acids is 8. The van der Waals surface area contributed by atoms with Gasteiger partial charge in [-0.3, -0.25) is 4.79 Å². The van der Waals surface area contributed by atoms with Gasteiger partial charge in [0.1, 0.15) is 29.0 Å². The highest BCUT2D eigenvalue weighted by molar-refractivity contribution is 5.90. The molecule has 1 N–H and O–H groups in total. The lowest BCUT2D eigenvalue weighted by Gasteiger charge is -2.61. The van der Waals surface area contributed by atoms with Crippen LogP contribution in [-0.2, 0) is 76.3 Å². The van der Waals surface area contributed by atoms with Crippen LogP contribution in [0.4, 0.5) is 0 Å². The van der Waals surface area contributed by atoms with Gasteiger partial charge >= 0.3 is 47.8 Å². The molecular weight excluding hydrogens is 1050 g/mol. The molecule has 11 saturated carbocycles. The van der Waals surface area contributed by atoms with Crippen molar-refractivity contribution in [2.75, 3.05) is 13.2 Å². The summed E-state index contributed by atoms with van der Waals surface area (Å²) < 4.78 is 42.0. The predicted molar refractivity (Wildman–Crippen MR) is 301 cm³/mol. The first-order valence-electron chi connectivity index (χ1n) is 30.2. The highest BCUT2D eigenvalue weighted by Gasteiger charge is 2.64. The average Bonchev–Trinajstić information content (AvgIpc) is 1.85. The van der Waals surface area contributed by atoms with Gasteiger partial charge < -0.3 is 43.0 Å². The molecule has 82 heavy (non-hydrogen) atoms. The first-order chi connectivity index (χ1) is 38.5. The fourth-order valence-corrected chi connectivity index (χ4v) is 16.2. The highest BCUT2D eigenvalue weighted by atomic mass is 16.6. The molecule has 17 nitrogen and oxygen atoms in total. The van der Waals surface area contributed by atoms with E-state index >= 15 is 0 Å². The van der Waals surface area contributed by atoms with E-state index in [9.17, 15) is 43.5 Å². The maximum absolute atomic E-state index is 12.1. The van der Waals surface area contributed by atoms with E-state index in [1.165, 1.54) is 71.6 Å². The normalized spacial score (nSPS) is 35.4. The molecule has 0 spiro atoms. The summed E-state index contributed by atoms with van der Waals surface area (Å²) in [7, 11) is 0. The standard InChI is InChI=1S/C17H26O2.C14H16O6.C14H20O3.C12H20O2.C8H10O4/c1-10(2)16(18)19-17(11(3)4)14-6-12-5-13(8-14)9-15(17)7-12;1-6(2)13(16)18-5-10(15)19-11-7-3-8-9(4-7)14(17)20-12(8)11;1-9(2)12(15)17-14-6-10-3-11(7-14)5-13(16,4-10)8-14;1-4-12(8-6-5-7-9-12)14-11(13)10(2)3;1-5(2)7(9)12-6-3-4-11-8(6)10/h11-15H,1,5-9H2,2-4H3;7-9,11-12H,1,3-5H2,2H3;10-11,16H,1,3-8H2,2H3;2,4-9H2,1,3H3;6H,1,3-4H2,2H3. The molecule has 2 saturated heterocycles. The first kappa shape index (κ1) is 64.0. The van der Waals surface area contributed by atoms with Crippen molar-refractivity contribution in [1.29, 1.82) is 0 Å². The zero-order valence-electron chi connectivity index (χ0n) is 50.1. The summed E-state index contributed by atoms with van der Waals surface area (Å²) in [5.41, 5.74) is 0.649. The van der Waals surface area contributed by atoms with Gasteiger partial charge in [-0.25, -0.2) is 33.6 Å². The van der Waals surface area contributed by atoms with Crippen LogP contribution in [0.15, 0.2) is 60.8 Å². The Morgan fingerprint density at radius 3 is 1.63 bits per heavy atom. The summed E-state index contributed by atoms with van der Waals surface area (Å²) in [5.74, 6) is 1.70. The Kier molecular flexibility index (Phi) is 20.4. The molecule has 2 aliphatic heterocycles. The van der Waals surface area contributed by atoms with Crippen LogP contribution in [0.2, 0.25) is 0 Å². The fourth-order valence-electron chi connectivity index (χ4n) is 16.2. The summed E-state index contributed by atoms with van der Waals surface area (Å²) in [5, 5.41) is 10.5. The summed E-state index contributed by atoms with van der Waals surface area (Å²) in [4.78, 5) is 91.5. The van der Waals surface area contributed by atoms with Gasteiger partial charge in [-0.05, 0) is 185 Å². The molecule has 0 aromatic carbocycles. The van der Waals surface area contributed by atoms with Crippen LogP contribution in [-0.4, -0.2) is 107 Å². The van der Waals surface area contributed by atoms with E-state index in [0.29, 0.717) is 65.8 Å². The van der Waals surface area contributed by atoms with Crippen molar-refractivity contribution < 1.29 is 81.4 Å². The molecule has 11 aliphatic carbocycles. The van der Waals surface area contributed by atoms with Gasteiger partial charge in [-0.15, -0.1) is 0 Å². The third kappa shape index (κ3) is 14.7. The quantitative estimate of drug-likeness (QED) is 0.0968. The smallest absolute Gasteiger partial charge is 0.347 e. The highest BCUT2D eigenvalue weighted by Crippen LogP contribution is 2.62. The van der Waals surface area contributed by atoms with Crippen molar-refractivity contribution in [1.82, 2.24) is 0 Å². The van der Waals surface area contributed by atoms with E-state index < -0.39 is 53.9 Å². The zero-order chi connectivity index (χ0) is 60.2. The molecule has 0 amide bonds. The molecule has 10 bridgehead atoms. The number of esters is 8. The number of cyclic esters (lactones) is 1. The van der Waals surface area contributed by atoms with E-state index in [2.05, 4.69) is 58.4 Å². The second kappa shape index (κ2) is 26.1. The third-order valence-corrected chi connectivity index (χ3v) is 19.5. The summed E-state index contributed by atoms with van der Waals surface area (Å²) in [6.45, 7) is 32.4. The Morgan fingerprint density at radius 2 is 1.15 bits per heavy atom. The molecule has 0 aromatic rings. The molecule has 8 unspecified atom stereocenters. The van der Waals surface area contributed by atoms with Crippen molar-refractivity contribution in [3.63, 3.8) is 0 Å². The van der Waals surface area contributed by atoms with Gasteiger partial charge in [0.15, 0.2) is 6.61 Å². The second-order valence-electron chi connectivity index (χ2n) is 26.6. The van der Waals surface area contributed by atoms with Gasteiger partial charge in [0.05, 0.1) is 18.1 Å². The van der Waals surface area contributed by atoms with Crippen LogP contribution in [0.1, 0.15) is 184 Å². The van der Waals surface area contributed by atoms with E-state index in [1.807, 2.05) is 0 Å². The van der Waals surface area contributed by atoms with Crippen LogP contribution < -0.4 is 0 Å². The number of fused-ring (bicyclic) bond motifs is 1. The number of aliphatic hydroxyl groups is 1. The Morgan fingerprint density at radius 1 is 0.622 bits per heavy atom. The van der Waals surface area contributed by atoms with E-state index in [-0.39, 0.29) is 70.1 Å². The molecule has 13 rings (SSSR count). The van der Waals surface area contributed by atoms with Gasteiger partial charge in [-0.1, -0.05) is 60.1 Å². The lowest BCUT2D eigenvalue weighted by atomic mass is 9.47. The molecule has 2 heterocycles. The molecule has 0 radical (unpaired) electrons. The van der Waals surface area contributed by atoms with E-state index in [0.717, 1.165) is 69.6 Å².